The van der Waals surface area contributed by atoms with Gasteiger partial charge in [-0.1, -0.05) is 0 Å². The Morgan fingerprint density at radius 2 is 1.85 bits per heavy atom. The Bertz CT molecular complexity index is 1590. The molecule has 0 bridgehead atoms. The number of nitrogens with one attached hydrogen (secondary N) is 2. The second-order valence-corrected chi connectivity index (χ2v) is 11.7. The van der Waals surface area contributed by atoms with Crippen LogP contribution >= 0.6 is 0 Å². The molecule has 2 aliphatic carbocycles. The molecule has 0 radical (unpaired) electrons. The smallest absolute Gasteiger partial charge is 0.255 e. The van der Waals surface area contributed by atoms with Crippen LogP contribution in [-0.2, 0) is 16.1 Å². The van der Waals surface area contributed by atoms with Crippen molar-refractivity contribution < 1.29 is 23.2 Å². The lowest BCUT2D eigenvalue weighted by Gasteiger charge is -2.35. The van der Waals surface area contributed by atoms with Crippen LogP contribution < -0.4 is 10.6 Å². The molecule has 1 aromatic carbocycles. The normalized spacial score (nSPS) is 23.8. The zero-order valence-electron chi connectivity index (χ0n) is 22.6. The number of rotatable bonds is 7. The minimum absolute atomic E-state index is 0.167. The van der Waals surface area contributed by atoms with E-state index >= 15 is 0 Å². The second kappa shape index (κ2) is 9.74. The number of carbonyl (C=O) groups is 3. The third-order valence-corrected chi connectivity index (χ3v) is 8.79. The molecule has 1 unspecified atom stereocenters. The molecule has 4 aliphatic rings. The molecular formula is C30H30F2N6O3. The van der Waals surface area contributed by atoms with E-state index in [1.54, 1.807) is 11.0 Å². The number of imide groups is 1. The maximum absolute atomic E-state index is 14.7. The molecule has 2 aromatic heterocycles. The molecular weight excluding hydrogens is 530 g/mol. The maximum Gasteiger partial charge on any atom is 0.255 e. The van der Waals surface area contributed by atoms with Crippen LogP contribution in [0.3, 0.4) is 0 Å². The van der Waals surface area contributed by atoms with Gasteiger partial charge in [-0.2, -0.15) is 5.10 Å². The molecule has 3 amide bonds. The number of amides is 3. The van der Waals surface area contributed by atoms with Crippen LogP contribution in [-0.4, -0.2) is 50.0 Å². The first-order valence-corrected chi connectivity index (χ1v) is 14.2. The summed E-state index contributed by atoms with van der Waals surface area (Å²) >= 11 is 0. The average molecular weight is 561 g/mol. The monoisotopic (exact) mass is 560 g/mol. The number of fused-ring (bicyclic) bond motifs is 1. The standard InChI is InChI=1S/C30H30F2N6O3/c1-15-23(31)11-24(32)28(34-15)22-14-38(36-27(22)17-2-3-17)20-8-16(9-20)12-33-19-4-5-21-18(10-19)13-37(30(21)41)25-6-7-26(39)35-29(25)40/h4-5,10-11,14,16-17,20,25,33H,2-3,6-9,12-13H2,1H3,(H,35,39,40)/t16-,20-,25?. The van der Waals surface area contributed by atoms with Crippen molar-refractivity contribution in [2.24, 2.45) is 5.92 Å². The summed E-state index contributed by atoms with van der Waals surface area (Å²) in [6.07, 6.45) is 6.31. The van der Waals surface area contributed by atoms with Gasteiger partial charge >= 0.3 is 0 Å². The highest BCUT2D eigenvalue weighted by atomic mass is 19.1. The fourth-order valence-corrected chi connectivity index (χ4v) is 6.21. The van der Waals surface area contributed by atoms with Gasteiger partial charge in [-0.25, -0.2) is 13.8 Å². The number of nitrogens with zero attached hydrogens (tertiary/aromatic N) is 4. The fourth-order valence-electron chi connectivity index (χ4n) is 6.21. The summed E-state index contributed by atoms with van der Waals surface area (Å²) < 4.78 is 30.4. The molecule has 9 nitrogen and oxygen atoms in total. The predicted octanol–water partition coefficient (Wildman–Crippen LogP) is 4.23. The lowest BCUT2D eigenvalue weighted by Crippen LogP contribution is -2.52. The van der Waals surface area contributed by atoms with Gasteiger partial charge in [-0.3, -0.25) is 24.4 Å². The van der Waals surface area contributed by atoms with E-state index in [0.717, 1.165) is 55.2 Å². The number of hydrogen-bond acceptors (Lipinski definition) is 6. The van der Waals surface area contributed by atoms with E-state index in [0.29, 0.717) is 35.9 Å². The van der Waals surface area contributed by atoms with Gasteiger partial charge in [0.2, 0.25) is 11.8 Å². The highest BCUT2D eigenvalue weighted by Gasteiger charge is 2.39. The highest BCUT2D eigenvalue weighted by Crippen LogP contribution is 2.46. The molecule has 2 aliphatic heterocycles. The van der Waals surface area contributed by atoms with Crippen molar-refractivity contribution in [1.29, 1.82) is 0 Å². The van der Waals surface area contributed by atoms with Crippen molar-refractivity contribution in [1.82, 2.24) is 25.0 Å². The molecule has 11 heteroatoms. The maximum atomic E-state index is 14.7. The molecule has 41 heavy (non-hydrogen) atoms. The number of carbonyl (C=O) groups excluding carboxylic acids is 3. The topological polar surface area (TPSA) is 109 Å². The molecule has 2 N–H and O–H groups in total. The molecule has 4 heterocycles. The van der Waals surface area contributed by atoms with E-state index in [9.17, 15) is 23.2 Å². The van der Waals surface area contributed by atoms with Gasteiger partial charge in [0, 0.05) is 54.5 Å². The SMILES string of the molecule is Cc1nc(-c2cn([C@H]3C[C@H](CNc4ccc5c(c4)CN(C4CCC(=O)NC4=O)C5=O)C3)nc2C2CC2)c(F)cc1F. The van der Waals surface area contributed by atoms with Crippen molar-refractivity contribution in [3.63, 3.8) is 0 Å². The second-order valence-electron chi connectivity index (χ2n) is 11.7. The quantitative estimate of drug-likeness (QED) is 0.419. The van der Waals surface area contributed by atoms with Gasteiger partial charge in [0.05, 0.1) is 17.4 Å². The van der Waals surface area contributed by atoms with E-state index in [1.165, 1.54) is 6.92 Å². The summed E-state index contributed by atoms with van der Waals surface area (Å²) in [5.41, 5.74) is 4.22. The number of benzene rings is 1. The van der Waals surface area contributed by atoms with Crippen LogP contribution in [0.2, 0.25) is 0 Å². The zero-order valence-corrected chi connectivity index (χ0v) is 22.6. The van der Waals surface area contributed by atoms with Crippen LogP contribution in [0.15, 0.2) is 30.5 Å². The van der Waals surface area contributed by atoms with E-state index in [-0.39, 0.29) is 35.7 Å². The Morgan fingerprint density at radius 1 is 1.05 bits per heavy atom. The van der Waals surface area contributed by atoms with E-state index < -0.39 is 23.6 Å². The van der Waals surface area contributed by atoms with Crippen LogP contribution in [0.1, 0.15) is 77.8 Å². The molecule has 2 saturated carbocycles. The zero-order chi connectivity index (χ0) is 28.4. The first kappa shape index (κ1) is 25.8. The Morgan fingerprint density at radius 3 is 2.61 bits per heavy atom. The van der Waals surface area contributed by atoms with E-state index in [2.05, 4.69) is 15.6 Å². The Balaban J connectivity index is 0.982. The van der Waals surface area contributed by atoms with Gasteiger partial charge in [-0.05, 0) is 68.7 Å². The molecule has 3 fully saturated rings. The van der Waals surface area contributed by atoms with Crippen LogP contribution in [0.25, 0.3) is 11.3 Å². The minimum atomic E-state index is -0.665. The molecule has 1 saturated heterocycles. The number of anilines is 1. The number of aryl methyl sites for hydroxylation is 1. The number of hydrogen-bond donors (Lipinski definition) is 2. The average Bonchev–Trinajstić information content (AvgIpc) is 3.59. The third kappa shape index (κ3) is 4.66. The van der Waals surface area contributed by atoms with Gasteiger partial charge in [0.1, 0.15) is 17.6 Å². The fraction of sp³-hybridized carbons (Fsp3) is 0.433. The molecule has 1 atom stereocenters. The van der Waals surface area contributed by atoms with Gasteiger partial charge < -0.3 is 10.2 Å². The summed E-state index contributed by atoms with van der Waals surface area (Å²) in [6.45, 7) is 2.64. The summed E-state index contributed by atoms with van der Waals surface area (Å²) in [7, 11) is 0. The molecule has 3 aromatic rings. The van der Waals surface area contributed by atoms with Gasteiger partial charge in [0.25, 0.3) is 5.91 Å². The van der Waals surface area contributed by atoms with E-state index in [4.69, 9.17) is 5.10 Å². The van der Waals surface area contributed by atoms with Crippen LogP contribution in [0, 0.1) is 24.5 Å². The molecule has 212 valence electrons. The van der Waals surface area contributed by atoms with Crippen molar-refractivity contribution in [2.75, 3.05) is 11.9 Å². The number of halogens is 2. The van der Waals surface area contributed by atoms with Crippen LogP contribution in [0.5, 0.6) is 0 Å². The number of aromatic nitrogens is 3. The summed E-state index contributed by atoms with van der Waals surface area (Å²) in [6, 6.07) is 6.12. The largest absolute Gasteiger partial charge is 0.385 e. The molecule has 0 spiro atoms. The van der Waals surface area contributed by atoms with Crippen molar-refractivity contribution in [2.45, 2.75) is 70.0 Å². The van der Waals surface area contributed by atoms with Crippen molar-refractivity contribution >= 4 is 23.4 Å². The Kier molecular flexibility index (Phi) is 6.13. The number of piperidine rings is 1. The van der Waals surface area contributed by atoms with Crippen LogP contribution in [0.4, 0.5) is 14.5 Å². The highest BCUT2D eigenvalue weighted by molar-refractivity contribution is 6.05. The van der Waals surface area contributed by atoms with Gasteiger partial charge in [-0.15, -0.1) is 0 Å². The van der Waals surface area contributed by atoms with Crippen molar-refractivity contribution in [3.8, 4) is 11.3 Å². The Hall–Kier alpha value is -4.15. The lowest BCUT2D eigenvalue weighted by molar-refractivity contribution is -0.136. The predicted molar refractivity (Wildman–Crippen MR) is 145 cm³/mol. The third-order valence-electron chi connectivity index (χ3n) is 8.79. The van der Waals surface area contributed by atoms with E-state index in [1.807, 2.05) is 23.0 Å². The summed E-state index contributed by atoms with van der Waals surface area (Å²) in [5, 5.41) is 10.6. The Labute approximate surface area is 235 Å². The lowest BCUT2D eigenvalue weighted by atomic mass is 9.80. The number of pyridine rings is 1. The molecule has 7 rings (SSSR count). The first-order valence-electron chi connectivity index (χ1n) is 14.2. The van der Waals surface area contributed by atoms with Gasteiger partial charge in [0.15, 0.2) is 5.82 Å². The first-order chi connectivity index (χ1) is 19.7. The minimum Gasteiger partial charge on any atom is -0.385 e. The summed E-state index contributed by atoms with van der Waals surface area (Å²) in [4.78, 5) is 42.5. The summed E-state index contributed by atoms with van der Waals surface area (Å²) in [5.74, 6) is -1.49. The van der Waals surface area contributed by atoms with Crippen molar-refractivity contribution in [3.05, 3.63) is 64.6 Å².